The second kappa shape index (κ2) is 6.25. The van der Waals surface area contributed by atoms with Crippen LogP contribution in [0, 0.1) is 11.2 Å². The van der Waals surface area contributed by atoms with E-state index >= 15 is 0 Å². The lowest BCUT2D eigenvalue weighted by atomic mass is 9.62. The molecule has 0 bridgehead atoms. The Morgan fingerprint density at radius 1 is 1.04 bits per heavy atom. The van der Waals surface area contributed by atoms with E-state index in [9.17, 15) is 22.7 Å². The van der Waals surface area contributed by atoms with Crippen LogP contribution in [0.1, 0.15) is 18.1 Å². The van der Waals surface area contributed by atoms with Crippen LogP contribution >= 0.6 is 0 Å². The number of alkyl halides is 3. The lowest BCUT2D eigenvalue weighted by molar-refractivity contribution is -0.274. The maximum Gasteiger partial charge on any atom is 0.573 e. The van der Waals surface area contributed by atoms with Gasteiger partial charge in [-0.15, -0.1) is 13.2 Å². The molecule has 0 aromatic heterocycles. The van der Waals surface area contributed by atoms with E-state index in [0.29, 0.717) is 24.2 Å². The first-order valence-corrected chi connectivity index (χ1v) is 8.07. The van der Waals surface area contributed by atoms with Crippen LogP contribution in [0.4, 0.5) is 17.6 Å². The van der Waals surface area contributed by atoms with Crippen molar-refractivity contribution in [3.63, 3.8) is 0 Å². The average Bonchev–Trinajstić information content (AvgIpc) is 2.52. The van der Waals surface area contributed by atoms with E-state index in [1.54, 1.807) is 6.07 Å². The van der Waals surface area contributed by atoms with Gasteiger partial charge in [0.05, 0.1) is 0 Å². The smallest absolute Gasteiger partial charge is 0.406 e. The fourth-order valence-corrected chi connectivity index (χ4v) is 3.85. The second-order valence-electron chi connectivity index (χ2n) is 7.03. The molecule has 1 fully saturated rings. The summed E-state index contributed by atoms with van der Waals surface area (Å²) in [5.74, 6) is -0.868. The first-order chi connectivity index (χ1) is 12.0. The van der Waals surface area contributed by atoms with E-state index < -0.39 is 23.2 Å². The molecule has 7 heteroatoms. The summed E-state index contributed by atoms with van der Waals surface area (Å²) >= 11 is 0. The summed E-state index contributed by atoms with van der Waals surface area (Å²) in [6, 6.07) is 10.7. The van der Waals surface area contributed by atoms with Gasteiger partial charge in [0.2, 0.25) is 0 Å². The predicted molar refractivity (Wildman–Crippen MR) is 88.1 cm³/mol. The van der Waals surface area contributed by atoms with Gasteiger partial charge in [-0.05, 0) is 42.4 Å². The molecule has 140 valence electrons. The van der Waals surface area contributed by atoms with Gasteiger partial charge in [0.15, 0.2) is 0 Å². The number of nitrogens with zero attached hydrogens (tertiary/aromatic N) is 1. The summed E-state index contributed by atoms with van der Waals surface area (Å²) in [4.78, 5) is 2.01. The summed E-state index contributed by atoms with van der Waals surface area (Å²) in [5, 5.41) is 11.6. The largest absolute Gasteiger partial charge is 0.573 e. The Balaban J connectivity index is 2.04. The molecule has 0 saturated carbocycles. The van der Waals surface area contributed by atoms with Crippen molar-refractivity contribution in [2.75, 3.05) is 20.1 Å². The lowest BCUT2D eigenvalue weighted by Gasteiger charge is -2.56. The van der Waals surface area contributed by atoms with Gasteiger partial charge in [-0.2, -0.15) is 0 Å². The molecule has 3 nitrogen and oxygen atoms in total. The van der Waals surface area contributed by atoms with Gasteiger partial charge in [0.1, 0.15) is 17.2 Å². The number of aliphatic hydroxyl groups is 1. The van der Waals surface area contributed by atoms with Gasteiger partial charge in [0.25, 0.3) is 0 Å². The van der Waals surface area contributed by atoms with Crippen LogP contribution in [0.5, 0.6) is 5.75 Å². The molecule has 0 spiro atoms. The first-order valence-electron chi connectivity index (χ1n) is 8.07. The fourth-order valence-electron chi connectivity index (χ4n) is 3.85. The Hall–Kier alpha value is -2.12. The third kappa shape index (κ3) is 3.29. The van der Waals surface area contributed by atoms with Gasteiger partial charge in [-0.3, -0.25) is 0 Å². The highest BCUT2D eigenvalue weighted by atomic mass is 19.4. The third-order valence-corrected chi connectivity index (χ3v) is 4.86. The first kappa shape index (κ1) is 18.7. The van der Waals surface area contributed by atoms with E-state index in [-0.39, 0.29) is 5.75 Å². The Morgan fingerprint density at radius 2 is 1.65 bits per heavy atom. The number of rotatable bonds is 4. The molecule has 0 radical (unpaired) electrons. The van der Waals surface area contributed by atoms with Crippen molar-refractivity contribution in [3.8, 4) is 5.75 Å². The molecule has 26 heavy (non-hydrogen) atoms. The zero-order valence-electron chi connectivity index (χ0n) is 14.3. The van der Waals surface area contributed by atoms with E-state index in [1.807, 2.05) is 18.9 Å². The van der Waals surface area contributed by atoms with Gasteiger partial charge in [0, 0.05) is 18.5 Å². The number of benzene rings is 2. The maximum absolute atomic E-state index is 13.8. The molecular weight excluding hydrogens is 350 g/mol. The molecule has 1 aliphatic rings. The molecule has 2 aromatic carbocycles. The second-order valence-corrected chi connectivity index (χ2v) is 7.03. The summed E-state index contributed by atoms with van der Waals surface area (Å²) in [6.07, 6.45) is -4.79. The summed E-state index contributed by atoms with van der Waals surface area (Å²) in [6.45, 7) is 2.99. The average molecular weight is 369 g/mol. The minimum Gasteiger partial charge on any atom is -0.406 e. The molecule has 3 rings (SSSR count). The van der Waals surface area contributed by atoms with Crippen LogP contribution in [0.25, 0.3) is 0 Å². The van der Waals surface area contributed by atoms with Gasteiger partial charge in [-0.25, -0.2) is 4.39 Å². The topological polar surface area (TPSA) is 32.7 Å². The van der Waals surface area contributed by atoms with Crippen LogP contribution in [-0.2, 0) is 5.60 Å². The Morgan fingerprint density at radius 3 is 2.15 bits per heavy atom. The number of hydrogen-bond acceptors (Lipinski definition) is 3. The van der Waals surface area contributed by atoms with Crippen molar-refractivity contribution in [2.24, 2.45) is 5.41 Å². The van der Waals surface area contributed by atoms with Crippen molar-refractivity contribution >= 4 is 0 Å². The molecule has 0 amide bonds. The normalized spacial score (nSPS) is 19.5. The molecule has 0 aliphatic carbocycles. The Labute approximate surface area is 148 Å². The Kier molecular flexibility index (Phi) is 4.48. The van der Waals surface area contributed by atoms with Crippen molar-refractivity contribution in [3.05, 3.63) is 65.5 Å². The summed E-state index contributed by atoms with van der Waals surface area (Å²) in [7, 11) is 1.90. The molecule has 1 saturated heterocycles. The summed E-state index contributed by atoms with van der Waals surface area (Å²) in [5.41, 5.74) is -1.44. The van der Waals surface area contributed by atoms with Gasteiger partial charge in [-0.1, -0.05) is 31.2 Å². The Bertz CT molecular complexity index is 785. The van der Waals surface area contributed by atoms with Crippen molar-refractivity contribution in [1.82, 2.24) is 4.90 Å². The molecule has 2 aromatic rings. The molecule has 1 aliphatic heterocycles. The van der Waals surface area contributed by atoms with Crippen LogP contribution in [0.15, 0.2) is 48.5 Å². The van der Waals surface area contributed by atoms with Crippen LogP contribution in [-0.4, -0.2) is 36.5 Å². The third-order valence-electron chi connectivity index (χ3n) is 4.86. The number of ether oxygens (including phenoxy) is 1. The number of halogens is 4. The molecule has 1 heterocycles. The predicted octanol–water partition coefficient (Wildman–Crippen LogP) is 3.91. The number of likely N-dealkylation sites (tertiary alicyclic amines) is 1. The highest BCUT2D eigenvalue weighted by molar-refractivity contribution is 5.42. The van der Waals surface area contributed by atoms with Crippen molar-refractivity contribution in [1.29, 1.82) is 0 Å². The van der Waals surface area contributed by atoms with Crippen LogP contribution in [0.3, 0.4) is 0 Å². The van der Waals surface area contributed by atoms with Crippen LogP contribution < -0.4 is 4.74 Å². The van der Waals surface area contributed by atoms with E-state index in [1.165, 1.54) is 30.3 Å². The summed E-state index contributed by atoms with van der Waals surface area (Å²) < 4.78 is 54.8. The zero-order chi connectivity index (χ0) is 19.2. The highest BCUT2D eigenvalue weighted by Crippen LogP contribution is 2.50. The van der Waals surface area contributed by atoms with Gasteiger partial charge >= 0.3 is 6.36 Å². The highest BCUT2D eigenvalue weighted by Gasteiger charge is 2.55. The molecule has 1 atom stereocenters. The molecular formula is C19H19F4NO2. The standard InChI is InChI=1S/C19H19F4NO2/c1-17(11-24(2)12-17)18(25,14-4-3-5-15(20)10-14)13-6-8-16(9-7-13)26-19(21,22)23/h3-10,25H,11-12H2,1-2H3/t18-/m0/s1. The van der Waals surface area contributed by atoms with Crippen molar-refractivity contribution in [2.45, 2.75) is 18.9 Å². The monoisotopic (exact) mass is 369 g/mol. The minimum absolute atomic E-state index is 0.359. The van der Waals surface area contributed by atoms with Crippen molar-refractivity contribution < 1.29 is 27.4 Å². The SMILES string of the molecule is CN1CC(C)([C@](O)(c2ccc(OC(F)(F)F)cc2)c2cccc(F)c2)C1. The van der Waals surface area contributed by atoms with Gasteiger partial charge < -0.3 is 14.7 Å². The molecule has 0 unspecified atom stereocenters. The van der Waals surface area contributed by atoms with E-state index in [4.69, 9.17) is 0 Å². The van der Waals surface area contributed by atoms with Crippen LogP contribution in [0.2, 0.25) is 0 Å². The zero-order valence-corrected chi connectivity index (χ0v) is 14.3. The maximum atomic E-state index is 13.8. The minimum atomic E-state index is -4.79. The number of hydrogen-bond donors (Lipinski definition) is 1. The van der Waals surface area contributed by atoms with E-state index in [2.05, 4.69) is 4.74 Å². The molecule has 1 N–H and O–H groups in total. The van der Waals surface area contributed by atoms with E-state index in [0.717, 1.165) is 12.1 Å². The lowest BCUT2D eigenvalue weighted by Crippen LogP contribution is -2.63. The fraction of sp³-hybridized carbons (Fsp3) is 0.368. The quantitative estimate of drug-likeness (QED) is 0.830.